The molecule has 0 radical (unpaired) electrons. The lowest BCUT2D eigenvalue weighted by molar-refractivity contribution is -0.162. The average molecular weight is 373 g/mol. The van der Waals surface area contributed by atoms with Crippen molar-refractivity contribution in [3.05, 3.63) is 12.7 Å². The Bertz CT molecular complexity index is 630. The second kappa shape index (κ2) is 5.85. The summed E-state index contributed by atoms with van der Waals surface area (Å²) in [5.74, 6) is 4.50. The number of methoxy groups -OCH3 is 1. The van der Waals surface area contributed by atoms with Gasteiger partial charge < -0.3 is 9.84 Å². The first kappa shape index (κ1) is 18.7. The fraction of sp³-hybridized carbons (Fsp3) is 0.920. The molecular weight excluding hydrogens is 332 g/mol. The van der Waals surface area contributed by atoms with Crippen molar-refractivity contribution in [3.8, 4) is 0 Å². The smallest absolute Gasteiger partial charge is 0.0746 e. The maximum atomic E-state index is 10.5. The van der Waals surface area contributed by atoms with Crippen molar-refractivity contribution in [1.29, 1.82) is 0 Å². The SMILES string of the molecule is C=CC(O)[C@@H](C)[C@H]1CC[C@H]2[C@@H]3CC(OC)C45C[C@@H]4CC[C@]5(C)[C@H]3CC[C@]12C. The zero-order chi connectivity index (χ0) is 19.2. The second-order valence-corrected chi connectivity index (χ2v) is 11.5. The number of hydrogen-bond donors (Lipinski definition) is 1. The Morgan fingerprint density at radius 1 is 1.11 bits per heavy atom. The molecule has 5 aliphatic carbocycles. The Hall–Kier alpha value is -0.340. The Labute approximate surface area is 166 Å². The van der Waals surface area contributed by atoms with Crippen LogP contribution in [0.1, 0.15) is 72.1 Å². The molecule has 0 aromatic carbocycles. The van der Waals surface area contributed by atoms with E-state index in [0.717, 1.165) is 23.7 Å². The van der Waals surface area contributed by atoms with Gasteiger partial charge >= 0.3 is 0 Å². The van der Waals surface area contributed by atoms with Crippen molar-refractivity contribution in [1.82, 2.24) is 0 Å². The molecule has 0 heterocycles. The molecule has 5 aliphatic rings. The first-order chi connectivity index (χ1) is 12.8. The average Bonchev–Trinajstić information content (AvgIpc) is 3.17. The van der Waals surface area contributed by atoms with Gasteiger partial charge in [-0.05, 0) is 97.7 Å². The van der Waals surface area contributed by atoms with Gasteiger partial charge in [-0.15, -0.1) is 6.58 Å². The van der Waals surface area contributed by atoms with Gasteiger partial charge in [-0.3, -0.25) is 0 Å². The summed E-state index contributed by atoms with van der Waals surface area (Å²) in [7, 11) is 1.98. The van der Waals surface area contributed by atoms with Gasteiger partial charge in [0, 0.05) is 12.5 Å². The van der Waals surface area contributed by atoms with Crippen LogP contribution in [-0.2, 0) is 4.74 Å². The third kappa shape index (κ3) is 2.10. The Kier molecular flexibility index (Phi) is 4.04. The predicted molar refractivity (Wildman–Crippen MR) is 109 cm³/mol. The number of rotatable bonds is 4. The van der Waals surface area contributed by atoms with Gasteiger partial charge in [-0.2, -0.15) is 0 Å². The van der Waals surface area contributed by atoms with Crippen LogP contribution in [0.2, 0.25) is 0 Å². The number of fused-ring (bicyclic) bond motifs is 4. The van der Waals surface area contributed by atoms with E-state index >= 15 is 0 Å². The molecule has 0 aromatic rings. The fourth-order valence-corrected chi connectivity index (χ4v) is 9.94. The van der Waals surface area contributed by atoms with E-state index in [4.69, 9.17) is 4.74 Å². The lowest BCUT2D eigenvalue weighted by atomic mass is 9.45. The Morgan fingerprint density at radius 3 is 2.56 bits per heavy atom. The van der Waals surface area contributed by atoms with E-state index < -0.39 is 0 Å². The van der Waals surface area contributed by atoms with Crippen molar-refractivity contribution in [2.24, 2.45) is 51.8 Å². The minimum Gasteiger partial charge on any atom is -0.389 e. The summed E-state index contributed by atoms with van der Waals surface area (Å²) in [5, 5.41) is 10.5. The van der Waals surface area contributed by atoms with Crippen LogP contribution in [0, 0.1) is 51.8 Å². The van der Waals surface area contributed by atoms with Gasteiger partial charge in [0.05, 0.1) is 12.2 Å². The van der Waals surface area contributed by atoms with Crippen LogP contribution in [0.5, 0.6) is 0 Å². The maximum Gasteiger partial charge on any atom is 0.0746 e. The minimum absolute atomic E-state index is 0.331. The lowest BCUT2D eigenvalue weighted by Gasteiger charge is -2.61. The highest BCUT2D eigenvalue weighted by molar-refractivity contribution is 5.26. The highest BCUT2D eigenvalue weighted by Crippen LogP contribution is 2.82. The van der Waals surface area contributed by atoms with Gasteiger partial charge in [-0.25, -0.2) is 0 Å². The highest BCUT2D eigenvalue weighted by atomic mass is 16.5. The molecule has 11 atom stereocenters. The summed E-state index contributed by atoms with van der Waals surface area (Å²) in [6, 6.07) is 0. The molecule has 2 heteroatoms. The van der Waals surface area contributed by atoms with E-state index in [9.17, 15) is 5.11 Å². The third-order valence-corrected chi connectivity index (χ3v) is 11.3. The van der Waals surface area contributed by atoms with Crippen LogP contribution >= 0.6 is 0 Å². The molecule has 2 nitrogen and oxygen atoms in total. The molecular formula is C25H40O2. The number of aliphatic hydroxyl groups excluding tert-OH is 1. The number of hydrogen-bond acceptors (Lipinski definition) is 2. The molecule has 5 fully saturated rings. The van der Waals surface area contributed by atoms with Crippen LogP contribution in [0.4, 0.5) is 0 Å². The molecule has 1 spiro atoms. The van der Waals surface area contributed by atoms with Gasteiger partial charge in [0.1, 0.15) is 0 Å². The normalized spacial score (nSPS) is 57.8. The molecule has 0 bridgehead atoms. The van der Waals surface area contributed by atoms with E-state index in [2.05, 4.69) is 27.4 Å². The highest BCUT2D eigenvalue weighted by Gasteiger charge is 2.77. The van der Waals surface area contributed by atoms with E-state index in [1.54, 1.807) is 6.08 Å². The molecule has 5 saturated carbocycles. The third-order valence-electron chi connectivity index (χ3n) is 11.3. The van der Waals surface area contributed by atoms with Gasteiger partial charge in [0.25, 0.3) is 0 Å². The van der Waals surface area contributed by atoms with Crippen molar-refractivity contribution in [2.45, 2.75) is 84.3 Å². The zero-order valence-corrected chi connectivity index (χ0v) is 17.9. The topological polar surface area (TPSA) is 29.5 Å². The molecule has 27 heavy (non-hydrogen) atoms. The quantitative estimate of drug-likeness (QED) is 0.665. The molecule has 0 amide bonds. The lowest BCUT2D eigenvalue weighted by Crippen LogP contribution is -2.57. The van der Waals surface area contributed by atoms with E-state index in [-0.39, 0.29) is 6.10 Å². The Morgan fingerprint density at radius 2 is 1.89 bits per heavy atom. The summed E-state index contributed by atoms with van der Waals surface area (Å²) < 4.78 is 6.22. The van der Waals surface area contributed by atoms with Crippen LogP contribution in [0.15, 0.2) is 12.7 Å². The van der Waals surface area contributed by atoms with Crippen LogP contribution in [0.3, 0.4) is 0 Å². The van der Waals surface area contributed by atoms with Crippen LogP contribution in [-0.4, -0.2) is 24.4 Å². The predicted octanol–water partition coefficient (Wildman–Crippen LogP) is 5.45. The summed E-state index contributed by atoms with van der Waals surface area (Å²) in [6.45, 7) is 11.3. The van der Waals surface area contributed by atoms with Gasteiger partial charge in [0.15, 0.2) is 0 Å². The van der Waals surface area contributed by atoms with Crippen molar-refractivity contribution < 1.29 is 9.84 Å². The molecule has 5 rings (SSSR count). The summed E-state index contributed by atoms with van der Waals surface area (Å²) >= 11 is 0. The van der Waals surface area contributed by atoms with Gasteiger partial charge in [-0.1, -0.05) is 26.8 Å². The summed E-state index contributed by atoms with van der Waals surface area (Å²) in [6.07, 6.45) is 13.0. The Balaban J connectivity index is 1.46. The standard InChI is InChI=1S/C25H40O2/c1-6-21(26)15(2)18-7-8-19-17-13-22(27-5)25-14-16(25)9-12-24(25,4)20(17)10-11-23(18,19)3/h6,15-22,26H,1,7-14H2,2-5H3/t15-,16-,17-,18+,19-,20-,21?,22?,23+,24+,25?/m0/s1. The first-order valence-electron chi connectivity index (χ1n) is 11.7. The molecule has 0 saturated heterocycles. The monoisotopic (exact) mass is 372 g/mol. The molecule has 152 valence electrons. The molecule has 1 N–H and O–H groups in total. The number of ether oxygens (including phenoxy) is 1. The molecule has 0 aliphatic heterocycles. The largest absolute Gasteiger partial charge is 0.389 e. The summed E-state index contributed by atoms with van der Waals surface area (Å²) in [5.41, 5.74) is 1.44. The summed E-state index contributed by atoms with van der Waals surface area (Å²) in [4.78, 5) is 0. The second-order valence-electron chi connectivity index (χ2n) is 11.5. The van der Waals surface area contributed by atoms with Gasteiger partial charge in [0.2, 0.25) is 0 Å². The van der Waals surface area contributed by atoms with E-state index in [1.165, 1.54) is 51.4 Å². The van der Waals surface area contributed by atoms with Crippen molar-refractivity contribution >= 4 is 0 Å². The number of aliphatic hydroxyl groups is 1. The minimum atomic E-state index is -0.357. The van der Waals surface area contributed by atoms with E-state index in [0.29, 0.717) is 34.2 Å². The zero-order valence-electron chi connectivity index (χ0n) is 17.9. The van der Waals surface area contributed by atoms with Crippen molar-refractivity contribution in [3.63, 3.8) is 0 Å². The molecule has 3 unspecified atom stereocenters. The first-order valence-corrected chi connectivity index (χ1v) is 11.7. The maximum absolute atomic E-state index is 10.5. The van der Waals surface area contributed by atoms with Crippen molar-refractivity contribution in [2.75, 3.05) is 7.11 Å². The molecule has 0 aromatic heterocycles. The fourth-order valence-electron chi connectivity index (χ4n) is 9.94. The van der Waals surface area contributed by atoms with Crippen LogP contribution in [0.25, 0.3) is 0 Å². The van der Waals surface area contributed by atoms with Crippen LogP contribution < -0.4 is 0 Å². The van der Waals surface area contributed by atoms with E-state index in [1.807, 2.05) is 7.11 Å².